The largest absolute Gasteiger partial charge is 0.478 e. The normalized spacial score (nSPS) is 9.95. The number of anilines is 2. The van der Waals surface area contributed by atoms with Crippen LogP contribution in [-0.4, -0.2) is 54.2 Å². The van der Waals surface area contributed by atoms with Crippen LogP contribution in [-0.2, 0) is 23.9 Å². The number of nitrogens with two attached hydrogens (primary N) is 1. The molecule has 0 fully saturated rings. The van der Waals surface area contributed by atoms with E-state index in [1.165, 1.54) is 0 Å². The predicted molar refractivity (Wildman–Crippen MR) is 182 cm³/mol. The second-order valence-corrected chi connectivity index (χ2v) is 12.9. The number of carbonyl (C=O) groups excluding carboxylic acids is 4. The molecule has 0 saturated carbocycles. The van der Waals surface area contributed by atoms with Gasteiger partial charge in [0, 0.05) is 27.9 Å². The Labute approximate surface area is 293 Å². The maximum atomic E-state index is 11.2. The van der Waals surface area contributed by atoms with Gasteiger partial charge in [0.15, 0.2) is 0 Å². The van der Waals surface area contributed by atoms with Crippen molar-refractivity contribution in [2.45, 2.75) is 13.0 Å². The fourth-order valence-corrected chi connectivity index (χ4v) is 10.1. The van der Waals surface area contributed by atoms with Crippen molar-refractivity contribution in [1.29, 1.82) is 0 Å². The second kappa shape index (κ2) is 20.9. The van der Waals surface area contributed by atoms with E-state index in [-0.39, 0.29) is 18.4 Å². The Kier molecular flexibility index (Phi) is 22.2. The molecule has 1 atom stereocenters. The summed E-state index contributed by atoms with van der Waals surface area (Å²) in [6, 6.07) is 3.63. The summed E-state index contributed by atoms with van der Waals surface area (Å²) in [4.78, 5) is 54.6. The van der Waals surface area contributed by atoms with E-state index < -0.39 is 11.9 Å². The molecular weight excluding hydrogens is 1170 g/mol. The highest BCUT2D eigenvalue weighted by atomic mass is 127. The van der Waals surface area contributed by atoms with E-state index in [1.54, 1.807) is 13.2 Å². The molecule has 37 heavy (non-hydrogen) atoms. The maximum absolute atomic E-state index is 11.2. The molecule has 0 saturated heterocycles. The molecule has 1 unspecified atom stereocenters. The molecule has 2 aromatic rings. The van der Waals surface area contributed by atoms with Crippen LogP contribution in [0, 0.1) is 21.4 Å². The topological polar surface area (TPSA) is 190 Å². The Hall–Kier alpha value is 0.0800. The van der Waals surface area contributed by atoms with Crippen LogP contribution in [0.25, 0.3) is 0 Å². The minimum absolute atomic E-state index is 0.0733. The smallest absolute Gasteiger partial charge is 0.373 e. The van der Waals surface area contributed by atoms with Crippen LogP contribution in [0.3, 0.4) is 0 Å². The first-order chi connectivity index (χ1) is 17.2. The van der Waals surface area contributed by atoms with E-state index in [9.17, 15) is 14.7 Å². The van der Waals surface area contributed by atoms with Crippen molar-refractivity contribution in [3.05, 3.63) is 44.7 Å². The summed E-state index contributed by atoms with van der Waals surface area (Å²) in [5.74, 6) is -1.83. The molecule has 11 nitrogen and oxygen atoms in total. The number of carboxylic acids is 2. The average Bonchev–Trinajstić information content (AvgIpc) is 2.78. The molecule has 0 bridgehead atoms. The summed E-state index contributed by atoms with van der Waals surface area (Å²) >= 11 is 12.4. The first-order valence-electron chi connectivity index (χ1n) is 8.98. The van der Waals surface area contributed by atoms with E-state index in [2.05, 4.69) is 73.1 Å². The fraction of sp³-hybridized carbons (Fsp3) is 0.200. The van der Waals surface area contributed by atoms with Crippen LogP contribution in [0.2, 0.25) is 0 Å². The van der Waals surface area contributed by atoms with Gasteiger partial charge >= 0.3 is 24.2 Å². The van der Waals surface area contributed by atoms with Crippen molar-refractivity contribution in [3.63, 3.8) is 0 Å². The van der Waals surface area contributed by atoms with Crippen LogP contribution in [0.1, 0.15) is 27.6 Å². The molecule has 0 radical (unpaired) electrons. The lowest BCUT2D eigenvalue weighted by atomic mass is 10.2. The monoisotopic (exact) mass is 1190 g/mol. The number of hydrogen-bond donors (Lipinski definition) is 4. The van der Waals surface area contributed by atoms with E-state index in [0.29, 0.717) is 30.5 Å². The minimum atomic E-state index is -0.933. The lowest BCUT2D eigenvalue weighted by Crippen LogP contribution is -2.20. The van der Waals surface area contributed by atoms with Crippen LogP contribution in [0.15, 0.2) is 12.1 Å². The van der Waals surface area contributed by atoms with E-state index in [0.717, 1.165) is 20.0 Å². The molecule has 17 heteroatoms. The summed E-state index contributed by atoms with van der Waals surface area (Å²) in [5.41, 5.74) is 7.75. The second-order valence-electron chi connectivity index (χ2n) is 6.05. The van der Waals surface area contributed by atoms with Crippen molar-refractivity contribution < 1.29 is 43.7 Å². The third-order valence-corrected chi connectivity index (χ3v) is 9.42. The number of carbonyl (C=O) groups is 2. The highest BCUT2D eigenvalue weighted by molar-refractivity contribution is 14.1. The molecule has 0 aliphatic heterocycles. The molecule has 0 amide bonds. The van der Waals surface area contributed by atoms with Gasteiger partial charge in [-0.2, -0.15) is 19.2 Å². The first kappa shape index (κ1) is 39.2. The van der Waals surface area contributed by atoms with Gasteiger partial charge in [-0.25, -0.2) is 9.59 Å². The number of rotatable bonds is 6. The number of nitrogen functional groups attached to an aromatic ring is 1. The molecule has 0 spiro atoms. The van der Waals surface area contributed by atoms with Gasteiger partial charge in [-0.1, -0.05) is 0 Å². The van der Waals surface area contributed by atoms with E-state index in [4.69, 9.17) is 34.8 Å². The summed E-state index contributed by atoms with van der Waals surface area (Å²) < 4.78 is 9.88. The molecule has 5 N–H and O–H groups in total. The molecule has 0 aliphatic carbocycles. The number of carboxylic acid groups (broad SMARTS) is 2. The number of hydrogen-bond acceptors (Lipinski definition) is 9. The molecule has 0 heterocycles. The van der Waals surface area contributed by atoms with Gasteiger partial charge in [0.1, 0.15) is 0 Å². The zero-order valence-corrected chi connectivity index (χ0v) is 31.5. The van der Waals surface area contributed by atoms with Crippen molar-refractivity contribution in [3.8, 4) is 0 Å². The van der Waals surface area contributed by atoms with Gasteiger partial charge in [-0.05, 0) is 155 Å². The average molecular weight is 1190 g/mol. The molecule has 2 aromatic carbocycles. The zero-order chi connectivity index (χ0) is 29.5. The Bertz CT molecular complexity index is 1170. The molecule has 0 aliphatic rings. The summed E-state index contributed by atoms with van der Waals surface area (Å²) in [7, 11) is 1.65. The standard InChI is InChI=1S/C11H12I3NO3.C7H4I3NO2.2CO2/c1-5(18-2)4-15-10-7(13)3-6(12)8(9(10)14)11(16)17;8-2-1-3(9)6(11)5(10)4(2)7(12)13;2*2-1-3/h3,5,15H,4H2,1-2H3,(H,16,17);1H,11H2,(H,12,13);;. The van der Waals surface area contributed by atoms with Crippen molar-refractivity contribution in [2.75, 3.05) is 24.7 Å². The van der Waals surface area contributed by atoms with E-state index in [1.807, 2.05) is 80.8 Å². The van der Waals surface area contributed by atoms with Crippen molar-refractivity contribution in [2.24, 2.45) is 0 Å². The van der Waals surface area contributed by atoms with Crippen molar-refractivity contribution in [1.82, 2.24) is 0 Å². The SMILES string of the molecule is COC(C)CNc1c(I)cc(I)c(C(=O)O)c1I.Nc1c(I)cc(I)c(C(=O)O)c1I.O=C=O.O=C=O. The zero-order valence-electron chi connectivity index (χ0n) is 18.5. The third kappa shape index (κ3) is 13.8. The summed E-state index contributed by atoms with van der Waals surface area (Å²) in [5, 5.41) is 21.4. The van der Waals surface area contributed by atoms with Gasteiger partial charge < -0.3 is 26.0 Å². The van der Waals surface area contributed by atoms with Crippen molar-refractivity contribution >= 4 is 171 Å². The highest BCUT2D eigenvalue weighted by Crippen LogP contribution is 2.32. The Balaban J connectivity index is 0. The number of halogens is 6. The minimum Gasteiger partial charge on any atom is -0.478 e. The van der Waals surface area contributed by atoms with Gasteiger partial charge in [0.25, 0.3) is 0 Å². The number of aromatic carboxylic acids is 2. The van der Waals surface area contributed by atoms with Gasteiger partial charge in [0.05, 0.1) is 35.7 Å². The van der Waals surface area contributed by atoms with E-state index >= 15 is 0 Å². The third-order valence-electron chi connectivity index (χ3n) is 3.77. The molecule has 0 aromatic heterocycles. The fourth-order valence-electron chi connectivity index (χ4n) is 2.08. The lowest BCUT2D eigenvalue weighted by Gasteiger charge is -2.16. The van der Waals surface area contributed by atoms with Crippen LogP contribution >= 0.6 is 136 Å². The quantitative estimate of drug-likeness (QED) is 0.218. The summed E-state index contributed by atoms with van der Waals surface area (Å²) in [6.07, 6.45) is 0.573. The van der Waals surface area contributed by atoms with Crippen LogP contribution in [0.5, 0.6) is 0 Å². The molecule has 2 rings (SSSR count). The number of benzene rings is 2. The lowest BCUT2D eigenvalue weighted by molar-refractivity contribution is -0.193. The number of ether oxygens (including phenoxy) is 1. The van der Waals surface area contributed by atoms with Crippen LogP contribution < -0.4 is 11.1 Å². The predicted octanol–water partition coefficient (Wildman–Crippen LogP) is 5.26. The van der Waals surface area contributed by atoms with Gasteiger partial charge in [-0.15, -0.1) is 0 Å². The highest BCUT2D eigenvalue weighted by Gasteiger charge is 2.19. The van der Waals surface area contributed by atoms with Gasteiger partial charge in [0.2, 0.25) is 0 Å². The molecular formula is C20H16I6N2O9. The van der Waals surface area contributed by atoms with Gasteiger partial charge in [-0.3, -0.25) is 0 Å². The number of methoxy groups -OCH3 is 1. The summed E-state index contributed by atoms with van der Waals surface area (Å²) in [6.45, 7) is 2.60. The number of nitrogens with one attached hydrogen (secondary N) is 1. The Morgan fingerprint density at radius 2 is 1.24 bits per heavy atom. The first-order valence-corrected chi connectivity index (χ1v) is 15.5. The Morgan fingerprint density at radius 1 is 0.865 bits per heavy atom. The van der Waals surface area contributed by atoms with Crippen LogP contribution in [0.4, 0.5) is 11.4 Å². The Morgan fingerprint density at radius 3 is 1.62 bits per heavy atom. The maximum Gasteiger partial charge on any atom is 0.373 e. The molecule has 202 valence electrons.